The van der Waals surface area contributed by atoms with Gasteiger partial charge in [0.15, 0.2) is 11.5 Å². The fourth-order valence-electron chi connectivity index (χ4n) is 6.64. The van der Waals surface area contributed by atoms with Gasteiger partial charge >= 0.3 is 0 Å². The molecule has 4 rings (SSSR count). The van der Waals surface area contributed by atoms with Crippen LogP contribution in [0.15, 0.2) is 72.8 Å². The Balaban J connectivity index is 1.42. The van der Waals surface area contributed by atoms with Crippen molar-refractivity contribution in [2.75, 3.05) is 33.5 Å². The number of aryl methyl sites for hydroxylation is 1. The fraction of sp³-hybridized carbons (Fsp3) is 0.512. The first-order valence-electron chi connectivity index (χ1n) is 17.5. The molecule has 4 nitrogen and oxygen atoms in total. The van der Waals surface area contributed by atoms with Crippen molar-refractivity contribution in [3.05, 3.63) is 83.9 Å². The summed E-state index contributed by atoms with van der Waals surface area (Å²) < 4.78 is 17.2. The Kier molecular flexibility index (Phi) is 14.5. The summed E-state index contributed by atoms with van der Waals surface area (Å²) in [6, 6.07) is 22.4. The molecule has 0 radical (unpaired) electrons. The van der Waals surface area contributed by atoms with Crippen molar-refractivity contribution in [1.82, 2.24) is 0 Å². The van der Waals surface area contributed by atoms with E-state index >= 15 is 0 Å². The number of hydrogen-bond acceptors (Lipinski definition) is 4. The second-order valence-electron chi connectivity index (χ2n) is 12.8. The van der Waals surface area contributed by atoms with Gasteiger partial charge in [0, 0.05) is 13.5 Å². The monoisotopic (exact) mass is 612 g/mol. The van der Waals surface area contributed by atoms with Gasteiger partial charge in [-0.15, -0.1) is 0 Å². The van der Waals surface area contributed by atoms with Crippen molar-refractivity contribution < 1.29 is 19.3 Å². The molecule has 0 saturated heterocycles. The van der Waals surface area contributed by atoms with Crippen LogP contribution in [0.2, 0.25) is 0 Å². The minimum absolute atomic E-state index is 0.0319. The van der Waals surface area contributed by atoms with Crippen LogP contribution in [0.25, 0.3) is 22.3 Å². The van der Waals surface area contributed by atoms with Crippen LogP contribution < -0.4 is 9.47 Å². The summed E-state index contributed by atoms with van der Waals surface area (Å²) >= 11 is 0. The van der Waals surface area contributed by atoms with Gasteiger partial charge in [0.1, 0.15) is 6.61 Å². The molecule has 0 atom stereocenters. The summed E-state index contributed by atoms with van der Waals surface area (Å²) in [7, 11) is 1.66. The normalized spacial score (nSPS) is 16.4. The van der Waals surface area contributed by atoms with Crippen LogP contribution in [-0.2, 0) is 11.2 Å². The molecule has 1 aliphatic carbocycles. The summed E-state index contributed by atoms with van der Waals surface area (Å²) in [4.78, 5) is 0. The van der Waals surface area contributed by atoms with Gasteiger partial charge < -0.3 is 19.3 Å². The number of rotatable bonds is 19. The zero-order valence-corrected chi connectivity index (χ0v) is 28.1. The molecule has 0 spiro atoms. The summed E-state index contributed by atoms with van der Waals surface area (Å²) in [5.41, 5.74) is 8.39. The molecule has 45 heavy (non-hydrogen) atoms. The van der Waals surface area contributed by atoms with Gasteiger partial charge in [-0.2, -0.15) is 0 Å². The fourth-order valence-corrected chi connectivity index (χ4v) is 6.64. The van der Waals surface area contributed by atoms with Crippen LogP contribution in [0.3, 0.4) is 0 Å². The van der Waals surface area contributed by atoms with E-state index in [1.165, 1.54) is 92.0 Å². The molecular formula is C41H56O4. The standard InChI is InChI=1S/C41H56O4/c1-5-7-8-9-10-11-32-12-14-34(15-13-32)35-16-18-36(19-17-35)37-20-22-39(33(6-2)28-37)38-21-23-40(45-27-26-43-4)41(29-38)44-25-24-31(3)30-42/h16-23,28-29,32,34,42H,3,5-15,24-27,30H2,1-2,4H3. The number of methoxy groups -OCH3 is 1. The van der Waals surface area contributed by atoms with E-state index in [-0.39, 0.29) is 6.61 Å². The van der Waals surface area contributed by atoms with Crippen LogP contribution in [0.4, 0.5) is 0 Å². The van der Waals surface area contributed by atoms with Gasteiger partial charge in [0.05, 0.1) is 19.8 Å². The minimum atomic E-state index is -0.0319. The number of ether oxygens (including phenoxy) is 3. The van der Waals surface area contributed by atoms with Crippen molar-refractivity contribution in [2.24, 2.45) is 5.92 Å². The van der Waals surface area contributed by atoms with E-state index in [0.717, 1.165) is 23.5 Å². The smallest absolute Gasteiger partial charge is 0.161 e. The Labute approximate surface area is 272 Å². The second kappa shape index (κ2) is 18.8. The zero-order valence-electron chi connectivity index (χ0n) is 28.1. The maximum atomic E-state index is 9.32. The summed E-state index contributed by atoms with van der Waals surface area (Å²) in [5.74, 6) is 3.04. The molecule has 3 aromatic carbocycles. The van der Waals surface area contributed by atoms with E-state index in [1.54, 1.807) is 7.11 Å². The number of benzene rings is 3. The lowest BCUT2D eigenvalue weighted by Crippen LogP contribution is -2.13. The minimum Gasteiger partial charge on any atom is -0.489 e. The number of aliphatic hydroxyl groups is 1. The lowest BCUT2D eigenvalue weighted by molar-refractivity contribution is 0.143. The van der Waals surface area contributed by atoms with Crippen molar-refractivity contribution in [1.29, 1.82) is 0 Å². The molecule has 1 fully saturated rings. The highest BCUT2D eigenvalue weighted by Gasteiger charge is 2.22. The van der Waals surface area contributed by atoms with Gasteiger partial charge in [0.25, 0.3) is 0 Å². The highest BCUT2D eigenvalue weighted by molar-refractivity contribution is 5.75. The Bertz CT molecular complexity index is 1300. The van der Waals surface area contributed by atoms with Crippen LogP contribution >= 0.6 is 0 Å². The SMILES string of the molecule is C=C(CO)CCOc1cc(-c2ccc(-c3ccc(C4CCC(CCCCCCC)CC4)cc3)cc2CC)ccc1OCCOC. The first kappa shape index (κ1) is 34.8. The van der Waals surface area contributed by atoms with Gasteiger partial charge in [-0.1, -0.05) is 107 Å². The predicted octanol–water partition coefficient (Wildman–Crippen LogP) is 10.6. The van der Waals surface area contributed by atoms with E-state index in [0.29, 0.717) is 43.7 Å². The Hall–Kier alpha value is -3.08. The van der Waals surface area contributed by atoms with Crippen LogP contribution in [0.1, 0.15) is 102 Å². The van der Waals surface area contributed by atoms with E-state index in [1.807, 2.05) is 6.07 Å². The number of aliphatic hydroxyl groups excluding tert-OH is 1. The topological polar surface area (TPSA) is 47.9 Å². The van der Waals surface area contributed by atoms with Gasteiger partial charge in [-0.3, -0.25) is 0 Å². The Morgan fingerprint density at radius 2 is 1.47 bits per heavy atom. The first-order valence-corrected chi connectivity index (χ1v) is 17.5. The molecule has 4 heteroatoms. The largest absolute Gasteiger partial charge is 0.489 e. The Morgan fingerprint density at radius 3 is 2.18 bits per heavy atom. The highest BCUT2D eigenvalue weighted by Crippen LogP contribution is 2.39. The third kappa shape index (κ3) is 10.5. The Morgan fingerprint density at radius 1 is 0.756 bits per heavy atom. The van der Waals surface area contributed by atoms with Crippen molar-refractivity contribution in [3.8, 4) is 33.8 Å². The van der Waals surface area contributed by atoms with E-state index in [4.69, 9.17) is 14.2 Å². The van der Waals surface area contributed by atoms with Gasteiger partial charge in [-0.25, -0.2) is 0 Å². The molecular weight excluding hydrogens is 556 g/mol. The lowest BCUT2D eigenvalue weighted by Gasteiger charge is -2.29. The van der Waals surface area contributed by atoms with E-state index in [9.17, 15) is 5.11 Å². The van der Waals surface area contributed by atoms with Crippen molar-refractivity contribution >= 4 is 0 Å². The van der Waals surface area contributed by atoms with Gasteiger partial charge in [-0.05, 0) is 95.0 Å². The molecule has 1 N–H and O–H groups in total. The van der Waals surface area contributed by atoms with Crippen LogP contribution in [0.5, 0.6) is 11.5 Å². The highest BCUT2D eigenvalue weighted by atomic mass is 16.5. The van der Waals surface area contributed by atoms with E-state index < -0.39 is 0 Å². The molecule has 0 amide bonds. The lowest BCUT2D eigenvalue weighted by atomic mass is 9.77. The molecule has 0 heterocycles. The molecule has 1 aliphatic rings. The quantitative estimate of drug-likeness (QED) is 0.108. The predicted molar refractivity (Wildman–Crippen MR) is 188 cm³/mol. The number of hydrogen-bond donors (Lipinski definition) is 1. The van der Waals surface area contributed by atoms with Crippen molar-refractivity contribution in [2.45, 2.75) is 96.8 Å². The first-order chi connectivity index (χ1) is 22.1. The van der Waals surface area contributed by atoms with Crippen LogP contribution in [0, 0.1) is 5.92 Å². The van der Waals surface area contributed by atoms with E-state index in [2.05, 4.69) is 75.0 Å². The summed E-state index contributed by atoms with van der Waals surface area (Å²) in [6.45, 7) is 9.74. The molecule has 0 aliphatic heterocycles. The van der Waals surface area contributed by atoms with Crippen molar-refractivity contribution in [3.63, 3.8) is 0 Å². The molecule has 0 aromatic heterocycles. The number of unbranched alkanes of at least 4 members (excludes halogenated alkanes) is 4. The second-order valence-corrected chi connectivity index (χ2v) is 12.8. The molecule has 0 unspecified atom stereocenters. The molecule has 244 valence electrons. The summed E-state index contributed by atoms with van der Waals surface area (Å²) in [6.07, 6.45) is 15.4. The molecule has 1 saturated carbocycles. The maximum Gasteiger partial charge on any atom is 0.161 e. The molecule has 3 aromatic rings. The third-order valence-corrected chi connectivity index (χ3v) is 9.50. The average molecular weight is 613 g/mol. The zero-order chi connectivity index (χ0) is 31.9. The average Bonchev–Trinajstić information content (AvgIpc) is 3.08. The van der Waals surface area contributed by atoms with Crippen LogP contribution in [-0.4, -0.2) is 38.6 Å². The van der Waals surface area contributed by atoms with Gasteiger partial charge in [0.2, 0.25) is 0 Å². The molecule has 0 bridgehead atoms. The summed E-state index contributed by atoms with van der Waals surface area (Å²) in [5, 5.41) is 9.32. The third-order valence-electron chi connectivity index (χ3n) is 9.50. The maximum absolute atomic E-state index is 9.32.